The molecule has 34 heavy (non-hydrogen) atoms. The van der Waals surface area contributed by atoms with Crippen LogP contribution in [0.2, 0.25) is 33.2 Å². The van der Waals surface area contributed by atoms with Crippen LogP contribution in [0.1, 0.15) is 95.9 Å². The van der Waals surface area contributed by atoms with Crippen LogP contribution in [0.25, 0.3) is 0 Å². The Bertz CT molecular complexity index is 794. The molecule has 0 saturated carbocycles. The number of hydrogen-bond acceptors (Lipinski definition) is 4. The van der Waals surface area contributed by atoms with Crippen LogP contribution in [0.15, 0.2) is 23.0 Å². The van der Waals surface area contributed by atoms with Crippen molar-refractivity contribution in [3.8, 4) is 0 Å². The minimum absolute atomic E-state index is 0.0586. The molecular weight excluding hydrogens is 456 g/mol. The Hall–Kier alpha value is -0.696. The third kappa shape index (κ3) is 4.35. The molecule has 2 aliphatic heterocycles. The predicted octanol–water partition coefficient (Wildman–Crippen LogP) is 8.06. The number of ether oxygens (including phenoxy) is 1. The predicted molar refractivity (Wildman–Crippen MR) is 146 cm³/mol. The van der Waals surface area contributed by atoms with Gasteiger partial charge in [0, 0.05) is 12.8 Å². The van der Waals surface area contributed by atoms with E-state index in [1.165, 1.54) is 5.57 Å². The summed E-state index contributed by atoms with van der Waals surface area (Å²) in [6, 6.07) is 0. The largest absolute Gasteiger partial charge is 0.545 e. The van der Waals surface area contributed by atoms with E-state index >= 15 is 0 Å². The van der Waals surface area contributed by atoms with Gasteiger partial charge in [0.05, 0.1) is 23.5 Å². The zero-order valence-corrected chi connectivity index (χ0v) is 25.8. The Balaban J connectivity index is 2.11. The van der Waals surface area contributed by atoms with Crippen LogP contribution in [-0.2, 0) is 18.4 Å². The first-order valence-electron chi connectivity index (χ1n) is 13.7. The van der Waals surface area contributed by atoms with Crippen molar-refractivity contribution in [1.82, 2.24) is 0 Å². The van der Waals surface area contributed by atoms with E-state index in [1.54, 1.807) is 0 Å². The van der Waals surface area contributed by atoms with Crippen LogP contribution in [0, 0.1) is 0 Å². The molecule has 1 aliphatic carbocycles. The lowest BCUT2D eigenvalue weighted by atomic mass is 9.86. The van der Waals surface area contributed by atoms with Gasteiger partial charge < -0.3 is 13.6 Å². The number of fused-ring (bicyclic) bond motifs is 1. The van der Waals surface area contributed by atoms with Gasteiger partial charge in [-0.3, -0.25) is 4.79 Å². The molecule has 3 aliphatic rings. The average molecular weight is 507 g/mol. The van der Waals surface area contributed by atoms with Crippen molar-refractivity contribution in [2.45, 2.75) is 147 Å². The van der Waals surface area contributed by atoms with Gasteiger partial charge in [0.15, 0.2) is 5.78 Å². The van der Waals surface area contributed by atoms with Crippen LogP contribution in [0.3, 0.4) is 0 Å². The molecule has 0 radical (unpaired) electrons. The molecule has 2 bridgehead atoms. The van der Waals surface area contributed by atoms with E-state index in [0.29, 0.717) is 46.1 Å². The molecule has 6 heteroatoms. The van der Waals surface area contributed by atoms with E-state index in [4.69, 9.17) is 13.6 Å². The second-order valence-corrected chi connectivity index (χ2v) is 23.5. The summed E-state index contributed by atoms with van der Waals surface area (Å²) in [5, 5.41) is 0. The fourth-order valence-electron chi connectivity index (χ4n) is 7.78. The van der Waals surface area contributed by atoms with E-state index in [-0.39, 0.29) is 24.1 Å². The average Bonchev–Trinajstić information content (AvgIpc) is 3.07. The Labute approximate surface area is 211 Å². The van der Waals surface area contributed by atoms with Gasteiger partial charge in [-0.2, -0.15) is 0 Å². The zero-order valence-electron chi connectivity index (χ0n) is 23.8. The van der Waals surface area contributed by atoms with Crippen molar-refractivity contribution in [1.29, 1.82) is 0 Å². The van der Waals surface area contributed by atoms with Crippen molar-refractivity contribution in [2.24, 2.45) is 0 Å². The zero-order chi connectivity index (χ0) is 25.7. The highest BCUT2D eigenvalue weighted by Gasteiger charge is 2.55. The second kappa shape index (κ2) is 9.99. The molecule has 0 spiro atoms. The number of carbonyl (C=O) groups excluding carboxylic acids is 1. The monoisotopic (exact) mass is 506 g/mol. The van der Waals surface area contributed by atoms with E-state index < -0.39 is 16.6 Å². The number of ketones is 1. The first-order valence-corrected chi connectivity index (χ1v) is 18.0. The highest BCUT2D eigenvalue weighted by atomic mass is 28.4. The minimum atomic E-state index is -2.21. The Morgan fingerprint density at radius 2 is 1.24 bits per heavy atom. The molecule has 0 amide bonds. The summed E-state index contributed by atoms with van der Waals surface area (Å²) in [4.78, 5) is 13.3. The minimum Gasteiger partial charge on any atom is -0.545 e. The van der Waals surface area contributed by atoms with Gasteiger partial charge in [-0.1, -0.05) is 89.2 Å². The van der Waals surface area contributed by atoms with Gasteiger partial charge >= 0.3 is 0 Å². The van der Waals surface area contributed by atoms with Gasteiger partial charge in [-0.25, -0.2) is 0 Å². The standard InChI is InChI=1S/C28H50O4Si2/c1-16(2)33(17(3)4,18(5)6)31-25-15-26(32-34(19(7)8,20(9)10)21(11)12)27-24(29)14-22-13-23(25)28(27)30-22/h13,16-22,25,28H,14-15H2,1-12H3. The van der Waals surface area contributed by atoms with E-state index in [9.17, 15) is 4.79 Å². The molecule has 0 aromatic heterocycles. The van der Waals surface area contributed by atoms with Crippen LogP contribution < -0.4 is 0 Å². The maximum Gasteiger partial charge on any atom is 0.258 e. The van der Waals surface area contributed by atoms with Gasteiger partial charge in [0.1, 0.15) is 6.10 Å². The third-order valence-corrected chi connectivity index (χ3v) is 21.2. The molecule has 194 valence electrons. The maximum absolute atomic E-state index is 13.3. The molecule has 0 aromatic rings. The normalized spacial score (nSPS) is 25.6. The first-order chi connectivity index (χ1) is 15.7. The fraction of sp³-hybridized carbons (Fsp3) is 0.821. The van der Waals surface area contributed by atoms with Crippen molar-refractivity contribution >= 4 is 22.4 Å². The van der Waals surface area contributed by atoms with Crippen molar-refractivity contribution in [3.05, 3.63) is 23.0 Å². The van der Waals surface area contributed by atoms with Gasteiger partial charge in [0.25, 0.3) is 8.32 Å². The first kappa shape index (κ1) is 27.9. The van der Waals surface area contributed by atoms with Gasteiger partial charge in [-0.15, -0.1) is 0 Å². The summed E-state index contributed by atoms with van der Waals surface area (Å²) < 4.78 is 21.0. The number of hydrogen-bond donors (Lipinski definition) is 0. The van der Waals surface area contributed by atoms with Crippen LogP contribution in [-0.4, -0.2) is 40.7 Å². The second-order valence-electron chi connectivity index (χ2n) is 12.7. The summed E-state index contributed by atoms with van der Waals surface area (Å²) in [6.45, 7) is 27.8. The molecule has 3 atom stereocenters. The van der Waals surface area contributed by atoms with Crippen LogP contribution in [0.5, 0.6) is 0 Å². The topological polar surface area (TPSA) is 44.8 Å². The Kier molecular flexibility index (Phi) is 8.19. The van der Waals surface area contributed by atoms with E-state index in [1.807, 2.05) is 0 Å². The highest BCUT2D eigenvalue weighted by molar-refractivity contribution is 6.78. The summed E-state index contributed by atoms with van der Waals surface area (Å²) >= 11 is 0. The maximum atomic E-state index is 13.3. The van der Waals surface area contributed by atoms with Crippen LogP contribution in [0.4, 0.5) is 0 Å². The van der Waals surface area contributed by atoms with E-state index in [2.05, 4.69) is 89.2 Å². The fourth-order valence-corrected chi connectivity index (χ4v) is 18.6. The van der Waals surface area contributed by atoms with E-state index in [0.717, 1.165) is 11.3 Å². The molecular formula is C28H50O4Si2. The van der Waals surface area contributed by atoms with Crippen molar-refractivity contribution in [2.75, 3.05) is 0 Å². The number of rotatable bonds is 10. The summed E-state index contributed by atoms with van der Waals surface area (Å²) in [6.07, 6.45) is 2.84. The Morgan fingerprint density at radius 1 is 0.765 bits per heavy atom. The lowest BCUT2D eigenvalue weighted by Gasteiger charge is -2.48. The molecule has 1 fully saturated rings. The molecule has 2 heterocycles. The molecule has 1 saturated heterocycles. The van der Waals surface area contributed by atoms with Crippen molar-refractivity contribution in [3.63, 3.8) is 0 Å². The summed E-state index contributed by atoms with van der Waals surface area (Å²) in [5.41, 5.74) is 4.83. The van der Waals surface area contributed by atoms with Crippen molar-refractivity contribution < 1.29 is 18.4 Å². The number of Topliss-reactive ketones (excluding diaryl/α,β-unsaturated/α-hetero) is 1. The molecule has 0 N–H and O–H groups in total. The smallest absolute Gasteiger partial charge is 0.258 e. The lowest BCUT2D eigenvalue weighted by molar-refractivity contribution is -0.123. The lowest BCUT2D eigenvalue weighted by Crippen LogP contribution is -2.53. The van der Waals surface area contributed by atoms with Gasteiger partial charge in [-0.05, 0) is 38.8 Å². The van der Waals surface area contributed by atoms with Crippen LogP contribution >= 0.6 is 0 Å². The molecule has 3 unspecified atom stereocenters. The summed E-state index contributed by atoms with van der Waals surface area (Å²) in [7, 11) is -4.33. The van der Waals surface area contributed by atoms with Gasteiger partial charge in [0.2, 0.25) is 8.32 Å². The Morgan fingerprint density at radius 3 is 1.68 bits per heavy atom. The quantitative estimate of drug-likeness (QED) is 0.222. The molecule has 4 nitrogen and oxygen atoms in total. The molecule has 3 rings (SSSR count). The molecule has 0 aromatic carbocycles. The number of carbonyl (C=O) groups is 1. The SMILES string of the molecule is CC(C)[Si](OC1=C2C(=O)CC3C=C(C(O[Si](C(C)C)(C(C)C)C(C)C)C1)C2O3)(C(C)C)C(C)C. The highest BCUT2D eigenvalue weighted by Crippen LogP contribution is 2.51. The summed E-state index contributed by atoms with van der Waals surface area (Å²) in [5.74, 6) is 1.10. The third-order valence-electron chi connectivity index (χ3n) is 9.04.